The topological polar surface area (TPSA) is 58.6 Å². The molecule has 0 saturated carbocycles. The second-order valence-corrected chi connectivity index (χ2v) is 8.74. The summed E-state index contributed by atoms with van der Waals surface area (Å²) < 4.78 is 5.33. The Morgan fingerprint density at radius 3 is 2.63 bits per heavy atom. The Kier molecular flexibility index (Phi) is 5.85. The van der Waals surface area contributed by atoms with Gasteiger partial charge in [0.25, 0.3) is 0 Å². The van der Waals surface area contributed by atoms with Crippen LogP contribution >= 0.6 is 11.3 Å². The van der Waals surface area contributed by atoms with Gasteiger partial charge in [0.05, 0.1) is 13.1 Å². The van der Waals surface area contributed by atoms with Crippen LogP contribution in [-0.4, -0.2) is 31.2 Å². The van der Waals surface area contributed by atoms with Crippen LogP contribution in [0.15, 0.2) is 41.8 Å². The van der Waals surface area contributed by atoms with E-state index in [9.17, 15) is 9.59 Å². The maximum absolute atomic E-state index is 12.1. The predicted molar refractivity (Wildman–Crippen MR) is 108 cm³/mol. The first-order chi connectivity index (χ1) is 12.8. The fraction of sp³-hybridized carbons (Fsp3) is 0.429. The number of anilines is 1. The van der Waals surface area contributed by atoms with E-state index in [1.807, 2.05) is 17.5 Å². The number of amides is 2. The number of thiophene rings is 1. The quantitative estimate of drug-likeness (QED) is 0.812. The van der Waals surface area contributed by atoms with Gasteiger partial charge in [-0.3, -0.25) is 9.69 Å². The average Bonchev–Trinajstić information content (AvgIpc) is 3.27. The van der Waals surface area contributed by atoms with Crippen molar-refractivity contribution in [1.82, 2.24) is 5.32 Å². The highest BCUT2D eigenvalue weighted by atomic mass is 32.1. The first-order valence-corrected chi connectivity index (χ1v) is 10.1. The van der Waals surface area contributed by atoms with Gasteiger partial charge in [0, 0.05) is 6.42 Å². The van der Waals surface area contributed by atoms with Gasteiger partial charge in [-0.05, 0) is 40.5 Å². The highest BCUT2D eigenvalue weighted by Gasteiger charge is 2.32. The number of rotatable bonds is 6. The van der Waals surface area contributed by atoms with Gasteiger partial charge in [0.2, 0.25) is 5.91 Å². The number of ether oxygens (including phenoxy) is 1. The van der Waals surface area contributed by atoms with Gasteiger partial charge in [-0.2, -0.15) is 0 Å². The van der Waals surface area contributed by atoms with Crippen molar-refractivity contribution in [2.75, 3.05) is 18.0 Å². The van der Waals surface area contributed by atoms with Crippen LogP contribution in [0.2, 0.25) is 0 Å². The molecular weight excluding hydrogens is 360 g/mol. The Hall–Kier alpha value is -2.34. The van der Waals surface area contributed by atoms with Crippen molar-refractivity contribution in [2.45, 2.75) is 45.1 Å². The van der Waals surface area contributed by atoms with Crippen molar-refractivity contribution in [1.29, 1.82) is 0 Å². The van der Waals surface area contributed by atoms with E-state index < -0.39 is 0 Å². The summed E-state index contributed by atoms with van der Waals surface area (Å²) in [6, 6.07) is 12.2. The highest BCUT2D eigenvalue weighted by Crippen LogP contribution is 2.26. The SMILES string of the molecule is CC(C)(C)c1ccc(CCC(=O)NCC2CN(c3cccs3)C(=O)O2)cc1. The Labute approximate surface area is 164 Å². The van der Waals surface area contributed by atoms with Gasteiger partial charge in [0.15, 0.2) is 0 Å². The van der Waals surface area contributed by atoms with Gasteiger partial charge in [-0.25, -0.2) is 4.79 Å². The summed E-state index contributed by atoms with van der Waals surface area (Å²) in [5.74, 6) is -0.0273. The first-order valence-electron chi connectivity index (χ1n) is 9.21. The van der Waals surface area contributed by atoms with E-state index in [0.29, 0.717) is 25.9 Å². The zero-order chi connectivity index (χ0) is 19.4. The molecule has 27 heavy (non-hydrogen) atoms. The molecule has 1 unspecified atom stereocenters. The number of carbonyl (C=O) groups excluding carboxylic acids is 2. The van der Waals surface area contributed by atoms with Gasteiger partial charge in [0.1, 0.15) is 11.1 Å². The summed E-state index contributed by atoms with van der Waals surface area (Å²) in [6.45, 7) is 7.36. The molecule has 0 spiro atoms. The fourth-order valence-corrected chi connectivity index (χ4v) is 3.71. The lowest BCUT2D eigenvalue weighted by Crippen LogP contribution is -2.34. The number of benzene rings is 1. The second-order valence-electron chi connectivity index (χ2n) is 7.82. The van der Waals surface area contributed by atoms with Crippen LogP contribution in [0, 0.1) is 0 Å². The number of hydrogen-bond acceptors (Lipinski definition) is 4. The minimum absolute atomic E-state index is 0.0273. The minimum atomic E-state index is -0.351. The zero-order valence-corrected chi connectivity index (χ0v) is 16.8. The Morgan fingerprint density at radius 1 is 1.26 bits per heavy atom. The van der Waals surface area contributed by atoms with E-state index in [-0.39, 0.29) is 23.5 Å². The van der Waals surface area contributed by atoms with Crippen molar-refractivity contribution < 1.29 is 14.3 Å². The maximum atomic E-state index is 12.1. The molecule has 0 aliphatic carbocycles. The van der Waals surface area contributed by atoms with Gasteiger partial charge in [-0.15, -0.1) is 11.3 Å². The van der Waals surface area contributed by atoms with E-state index in [0.717, 1.165) is 10.6 Å². The molecule has 144 valence electrons. The van der Waals surface area contributed by atoms with Crippen molar-refractivity contribution in [3.63, 3.8) is 0 Å². The molecule has 3 rings (SSSR count). The number of nitrogens with zero attached hydrogens (tertiary/aromatic N) is 1. The Balaban J connectivity index is 1.42. The summed E-state index contributed by atoms with van der Waals surface area (Å²) in [5, 5.41) is 5.67. The predicted octanol–water partition coefficient (Wildman–Crippen LogP) is 4.12. The normalized spacial score (nSPS) is 17.1. The lowest BCUT2D eigenvalue weighted by molar-refractivity contribution is -0.121. The number of aryl methyl sites for hydroxylation is 1. The molecule has 1 aromatic carbocycles. The van der Waals surface area contributed by atoms with E-state index in [2.05, 4.69) is 50.4 Å². The van der Waals surface area contributed by atoms with Crippen molar-refractivity contribution in [3.8, 4) is 0 Å². The van der Waals surface area contributed by atoms with Crippen LogP contribution in [-0.2, 0) is 21.4 Å². The monoisotopic (exact) mass is 386 g/mol. The molecule has 2 aromatic rings. The maximum Gasteiger partial charge on any atom is 0.415 e. The third-order valence-electron chi connectivity index (χ3n) is 4.63. The summed E-state index contributed by atoms with van der Waals surface area (Å²) in [7, 11) is 0. The van der Waals surface area contributed by atoms with Crippen LogP contribution in [0.5, 0.6) is 0 Å². The van der Waals surface area contributed by atoms with Crippen LogP contribution in [0.3, 0.4) is 0 Å². The van der Waals surface area contributed by atoms with Crippen LogP contribution in [0.4, 0.5) is 9.80 Å². The smallest absolute Gasteiger partial charge is 0.415 e. The van der Waals surface area contributed by atoms with Crippen LogP contribution in [0.1, 0.15) is 38.3 Å². The average molecular weight is 387 g/mol. The lowest BCUT2D eigenvalue weighted by Gasteiger charge is -2.19. The van der Waals surface area contributed by atoms with Crippen molar-refractivity contribution >= 4 is 28.3 Å². The standard InChI is InChI=1S/C21H26N2O3S/c1-21(2,3)16-9-6-15(7-10-16)8-11-18(24)22-13-17-14-23(20(25)26-17)19-5-4-12-27-19/h4-7,9-10,12,17H,8,11,13-14H2,1-3H3,(H,22,24). The summed E-state index contributed by atoms with van der Waals surface area (Å²) in [5.41, 5.74) is 2.56. The molecule has 1 aliphatic heterocycles. The Morgan fingerprint density at radius 2 is 2.00 bits per heavy atom. The van der Waals surface area contributed by atoms with E-state index in [1.54, 1.807) is 4.90 Å². The molecule has 1 atom stereocenters. The molecule has 1 fully saturated rings. The largest absolute Gasteiger partial charge is 0.442 e. The third-order valence-corrected chi connectivity index (χ3v) is 5.53. The third kappa shape index (κ3) is 5.10. The Bertz CT molecular complexity index is 779. The second kappa shape index (κ2) is 8.13. The van der Waals surface area contributed by atoms with E-state index >= 15 is 0 Å². The molecule has 5 nitrogen and oxygen atoms in total. The summed E-state index contributed by atoms with van der Waals surface area (Å²) in [6.07, 6.45) is 0.455. The van der Waals surface area contributed by atoms with Gasteiger partial charge in [-0.1, -0.05) is 45.0 Å². The molecule has 2 heterocycles. The molecule has 6 heteroatoms. The van der Waals surface area contributed by atoms with Crippen molar-refractivity contribution in [2.24, 2.45) is 0 Å². The lowest BCUT2D eigenvalue weighted by atomic mass is 9.86. The molecule has 1 N–H and O–H groups in total. The first kappa shape index (κ1) is 19.4. The molecule has 1 aromatic heterocycles. The molecule has 0 bridgehead atoms. The summed E-state index contributed by atoms with van der Waals surface area (Å²) >= 11 is 1.50. The fourth-order valence-electron chi connectivity index (χ4n) is 2.98. The van der Waals surface area contributed by atoms with Gasteiger partial charge >= 0.3 is 6.09 Å². The molecule has 1 saturated heterocycles. The molecular formula is C21H26N2O3S. The number of nitrogens with one attached hydrogen (secondary N) is 1. The van der Waals surface area contributed by atoms with Crippen molar-refractivity contribution in [3.05, 3.63) is 52.9 Å². The van der Waals surface area contributed by atoms with Gasteiger partial charge < -0.3 is 10.1 Å². The van der Waals surface area contributed by atoms with Crippen LogP contribution < -0.4 is 10.2 Å². The number of cyclic esters (lactones) is 1. The highest BCUT2D eigenvalue weighted by molar-refractivity contribution is 7.14. The number of hydrogen-bond donors (Lipinski definition) is 1. The molecule has 0 radical (unpaired) electrons. The summed E-state index contributed by atoms with van der Waals surface area (Å²) in [4.78, 5) is 25.7. The van der Waals surface area contributed by atoms with E-state index in [4.69, 9.17) is 4.74 Å². The molecule has 1 aliphatic rings. The van der Waals surface area contributed by atoms with Crippen LogP contribution in [0.25, 0.3) is 0 Å². The van der Waals surface area contributed by atoms with E-state index in [1.165, 1.54) is 16.9 Å². The number of carbonyl (C=O) groups is 2. The minimum Gasteiger partial charge on any atom is -0.442 e. The molecule has 2 amide bonds. The zero-order valence-electron chi connectivity index (χ0n) is 16.0.